The van der Waals surface area contributed by atoms with Gasteiger partial charge >= 0.3 is 0 Å². The zero-order valence-electron chi connectivity index (χ0n) is 9.34. The van der Waals surface area contributed by atoms with Crippen LogP contribution in [-0.2, 0) is 10.8 Å². The molecule has 0 N–H and O–H groups in total. The third-order valence-corrected chi connectivity index (χ3v) is 3.08. The molecule has 1 nitrogen and oxygen atoms in total. The fraction of sp³-hybridized carbons (Fsp3) is 1.00. The number of hydrogen-bond donors (Lipinski definition) is 0. The summed E-state index contributed by atoms with van der Waals surface area (Å²) in [4.78, 5) is 0. The van der Waals surface area contributed by atoms with E-state index in [1.54, 1.807) is 6.26 Å². The van der Waals surface area contributed by atoms with Crippen LogP contribution in [0.5, 0.6) is 0 Å². The second-order valence-electron chi connectivity index (χ2n) is 4.23. The molecule has 0 aliphatic heterocycles. The summed E-state index contributed by atoms with van der Waals surface area (Å²) >= 11 is 0. The molecule has 0 aromatic rings. The van der Waals surface area contributed by atoms with E-state index in [4.69, 9.17) is 0 Å². The lowest BCUT2D eigenvalue weighted by Gasteiger charge is -2.03. The Morgan fingerprint density at radius 1 is 1.00 bits per heavy atom. The van der Waals surface area contributed by atoms with E-state index >= 15 is 0 Å². The van der Waals surface area contributed by atoms with Gasteiger partial charge in [0.2, 0.25) is 0 Å². The van der Waals surface area contributed by atoms with Crippen molar-refractivity contribution < 1.29 is 4.21 Å². The Hall–Kier alpha value is 0.150. The Morgan fingerprint density at radius 3 is 2.08 bits per heavy atom. The summed E-state index contributed by atoms with van der Waals surface area (Å²) in [6.07, 6.45) is 9.60. The first-order valence-electron chi connectivity index (χ1n) is 5.43. The van der Waals surface area contributed by atoms with E-state index in [0.29, 0.717) is 0 Å². The molecule has 80 valence electrons. The van der Waals surface area contributed by atoms with E-state index in [2.05, 4.69) is 13.8 Å². The van der Waals surface area contributed by atoms with Gasteiger partial charge in [-0.1, -0.05) is 46.0 Å². The molecule has 0 bridgehead atoms. The predicted octanol–water partition coefficient (Wildman–Crippen LogP) is 3.36. The summed E-state index contributed by atoms with van der Waals surface area (Å²) in [5.74, 6) is 1.74. The topological polar surface area (TPSA) is 17.1 Å². The Labute approximate surface area is 85.8 Å². The van der Waals surface area contributed by atoms with E-state index < -0.39 is 10.8 Å². The zero-order valence-corrected chi connectivity index (χ0v) is 10.2. The summed E-state index contributed by atoms with van der Waals surface area (Å²) in [6, 6.07) is 0. The normalized spacial score (nSPS) is 13.5. The van der Waals surface area contributed by atoms with Crippen LogP contribution in [0.25, 0.3) is 0 Å². The first kappa shape index (κ1) is 13.2. The van der Waals surface area contributed by atoms with Crippen LogP contribution >= 0.6 is 0 Å². The van der Waals surface area contributed by atoms with Crippen LogP contribution in [0.1, 0.15) is 52.4 Å². The maximum Gasteiger partial charge on any atom is 0.0232 e. The summed E-state index contributed by atoms with van der Waals surface area (Å²) in [6.45, 7) is 4.56. The number of rotatable bonds is 8. The van der Waals surface area contributed by atoms with Crippen molar-refractivity contribution >= 4 is 10.8 Å². The third kappa shape index (κ3) is 12.1. The van der Waals surface area contributed by atoms with Gasteiger partial charge in [0.1, 0.15) is 0 Å². The standard InChI is InChI=1S/C11H24OS/c1-11(2)9-7-5-4-6-8-10-13(3)12/h11H,4-10H2,1-3H3. The SMILES string of the molecule is CC(C)CCCCCCCS(C)=O. The molecule has 0 radical (unpaired) electrons. The molecular weight excluding hydrogens is 180 g/mol. The van der Waals surface area contributed by atoms with Crippen molar-refractivity contribution in [2.75, 3.05) is 12.0 Å². The summed E-state index contributed by atoms with van der Waals surface area (Å²) in [5.41, 5.74) is 0. The lowest BCUT2D eigenvalue weighted by Crippen LogP contribution is -1.93. The summed E-state index contributed by atoms with van der Waals surface area (Å²) < 4.78 is 10.7. The number of hydrogen-bond acceptors (Lipinski definition) is 1. The largest absolute Gasteiger partial charge is 0.260 e. The minimum absolute atomic E-state index is 0.580. The molecule has 1 atom stereocenters. The molecule has 0 aromatic heterocycles. The van der Waals surface area contributed by atoms with Gasteiger partial charge in [-0.15, -0.1) is 0 Å². The summed E-state index contributed by atoms with van der Waals surface area (Å²) in [5, 5.41) is 0. The van der Waals surface area contributed by atoms with E-state index in [1.165, 1.54) is 32.1 Å². The number of unbranched alkanes of at least 4 members (excludes halogenated alkanes) is 4. The van der Waals surface area contributed by atoms with Crippen LogP contribution in [0.4, 0.5) is 0 Å². The molecule has 2 heteroatoms. The average Bonchev–Trinajstić information content (AvgIpc) is 2.01. The lowest BCUT2D eigenvalue weighted by atomic mass is 10.0. The Kier molecular flexibility index (Phi) is 8.84. The third-order valence-electron chi connectivity index (χ3n) is 2.21. The highest BCUT2D eigenvalue weighted by atomic mass is 32.2. The second kappa shape index (κ2) is 8.74. The molecule has 1 unspecified atom stereocenters. The second-order valence-corrected chi connectivity index (χ2v) is 5.78. The van der Waals surface area contributed by atoms with Gasteiger partial charge in [0.15, 0.2) is 0 Å². The van der Waals surface area contributed by atoms with Crippen molar-refractivity contribution in [1.29, 1.82) is 0 Å². The fourth-order valence-corrected chi connectivity index (χ4v) is 2.00. The first-order valence-corrected chi connectivity index (χ1v) is 7.15. The fourth-order valence-electron chi connectivity index (χ4n) is 1.39. The highest BCUT2D eigenvalue weighted by Gasteiger charge is 1.95. The van der Waals surface area contributed by atoms with Gasteiger partial charge in [0.05, 0.1) is 0 Å². The van der Waals surface area contributed by atoms with Crippen LogP contribution in [0.2, 0.25) is 0 Å². The van der Waals surface area contributed by atoms with Crippen LogP contribution in [-0.4, -0.2) is 16.2 Å². The van der Waals surface area contributed by atoms with Gasteiger partial charge in [-0.05, 0) is 12.3 Å². The Balaban J connectivity index is 2.96. The monoisotopic (exact) mass is 204 g/mol. The first-order chi connectivity index (χ1) is 6.13. The molecule has 0 aliphatic rings. The van der Waals surface area contributed by atoms with Gasteiger partial charge in [-0.25, -0.2) is 0 Å². The van der Waals surface area contributed by atoms with E-state index in [9.17, 15) is 4.21 Å². The Bertz CT molecular complexity index is 132. The summed E-state index contributed by atoms with van der Waals surface area (Å²) in [7, 11) is -0.580. The van der Waals surface area contributed by atoms with Gasteiger partial charge < -0.3 is 0 Å². The smallest absolute Gasteiger partial charge is 0.0232 e. The van der Waals surface area contributed by atoms with Crippen molar-refractivity contribution in [2.45, 2.75) is 52.4 Å². The van der Waals surface area contributed by atoms with E-state index in [0.717, 1.165) is 18.1 Å². The van der Waals surface area contributed by atoms with Crippen LogP contribution in [0, 0.1) is 5.92 Å². The van der Waals surface area contributed by atoms with Crippen molar-refractivity contribution in [3.63, 3.8) is 0 Å². The molecule has 0 saturated heterocycles. The van der Waals surface area contributed by atoms with E-state index in [1.807, 2.05) is 0 Å². The molecule has 0 fully saturated rings. The molecule has 0 spiro atoms. The zero-order chi connectivity index (χ0) is 10.1. The van der Waals surface area contributed by atoms with Crippen molar-refractivity contribution in [3.05, 3.63) is 0 Å². The molecule has 0 rings (SSSR count). The maximum atomic E-state index is 10.7. The molecule has 0 saturated carbocycles. The van der Waals surface area contributed by atoms with Crippen LogP contribution in [0.3, 0.4) is 0 Å². The van der Waals surface area contributed by atoms with Crippen LogP contribution in [0.15, 0.2) is 0 Å². The van der Waals surface area contributed by atoms with Crippen molar-refractivity contribution in [1.82, 2.24) is 0 Å². The Morgan fingerprint density at radius 2 is 1.54 bits per heavy atom. The van der Waals surface area contributed by atoms with Crippen LogP contribution < -0.4 is 0 Å². The van der Waals surface area contributed by atoms with E-state index in [-0.39, 0.29) is 0 Å². The van der Waals surface area contributed by atoms with Gasteiger partial charge in [-0.2, -0.15) is 0 Å². The van der Waals surface area contributed by atoms with Gasteiger partial charge in [0, 0.05) is 22.8 Å². The molecule has 0 amide bonds. The average molecular weight is 204 g/mol. The molecular formula is C11H24OS. The minimum atomic E-state index is -0.580. The molecule has 0 aromatic carbocycles. The maximum absolute atomic E-state index is 10.7. The van der Waals surface area contributed by atoms with Gasteiger partial charge in [0.25, 0.3) is 0 Å². The molecule has 0 heterocycles. The van der Waals surface area contributed by atoms with Crippen molar-refractivity contribution in [3.8, 4) is 0 Å². The minimum Gasteiger partial charge on any atom is -0.260 e. The lowest BCUT2D eigenvalue weighted by molar-refractivity contribution is 0.518. The highest BCUT2D eigenvalue weighted by Crippen LogP contribution is 2.10. The van der Waals surface area contributed by atoms with Gasteiger partial charge in [-0.3, -0.25) is 4.21 Å². The highest BCUT2D eigenvalue weighted by molar-refractivity contribution is 7.84. The molecule has 13 heavy (non-hydrogen) atoms. The quantitative estimate of drug-likeness (QED) is 0.554. The predicted molar refractivity (Wildman–Crippen MR) is 61.5 cm³/mol. The van der Waals surface area contributed by atoms with Crippen molar-refractivity contribution in [2.24, 2.45) is 5.92 Å². The molecule has 0 aliphatic carbocycles.